The van der Waals surface area contributed by atoms with Crippen LogP contribution in [0, 0.1) is 0 Å². The SMILES string of the molecule is [Cl][Pd][Cl].c1cc(P(C2CCCCC2)C2CCCCC2)ccc1Oc1ccc(P(C2CCCCC2)C2CCCCC2)cc1. The van der Waals surface area contributed by atoms with E-state index >= 15 is 0 Å². The molecule has 0 aromatic heterocycles. The number of halogens is 2. The van der Waals surface area contributed by atoms with E-state index in [9.17, 15) is 0 Å². The first-order chi connectivity index (χ1) is 20.8. The van der Waals surface area contributed by atoms with Crippen molar-refractivity contribution in [3.63, 3.8) is 0 Å². The number of hydrogen-bond donors (Lipinski definition) is 0. The van der Waals surface area contributed by atoms with E-state index < -0.39 is 0 Å². The van der Waals surface area contributed by atoms with Gasteiger partial charge in [0.2, 0.25) is 0 Å². The van der Waals surface area contributed by atoms with Crippen molar-refractivity contribution in [1.29, 1.82) is 0 Å². The van der Waals surface area contributed by atoms with E-state index in [1.807, 2.05) is 0 Å². The molecule has 0 spiro atoms. The van der Waals surface area contributed by atoms with Gasteiger partial charge in [-0.25, -0.2) is 0 Å². The summed E-state index contributed by atoms with van der Waals surface area (Å²) < 4.78 is 6.44. The quantitative estimate of drug-likeness (QED) is 0.193. The molecule has 236 valence electrons. The van der Waals surface area contributed by atoms with E-state index in [1.165, 1.54) is 128 Å². The van der Waals surface area contributed by atoms with Crippen molar-refractivity contribution in [2.24, 2.45) is 0 Å². The van der Waals surface area contributed by atoms with Crippen LogP contribution in [0.2, 0.25) is 0 Å². The summed E-state index contributed by atoms with van der Waals surface area (Å²) in [5.41, 5.74) is 3.83. The van der Waals surface area contributed by atoms with Crippen LogP contribution in [0.1, 0.15) is 128 Å². The van der Waals surface area contributed by atoms with Crippen LogP contribution in [0.4, 0.5) is 0 Å². The van der Waals surface area contributed by atoms with Gasteiger partial charge in [-0.2, -0.15) is 0 Å². The van der Waals surface area contributed by atoms with Crippen LogP contribution in [0.15, 0.2) is 48.5 Å². The molecule has 42 heavy (non-hydrogen) atoms. The fraction of sp³-hybridized carbons (Fsp3) is 0.667. The van der Waals surface area contributed by atoms with Crippen molar-refractivity contribution in [3.8, 4) is 11.5 Å². The number of ether oxygens (including phenoxy) is 1. The Morgan fingerprint density at radius 1 is 0.429 bits per heavy atom. The zero-order chi connectivity index (χ0) is 29.0. The molecule has 0 radical (unpaired) electrons. The molecule has 2 aromatic carbocycles. The summed E-state index contributed by atoms with van der Waals surface area (Å²) in [5.74, 6) is 2.02. The fourth-order valence-corrected chi connectivity index (χ4v) is 15.9. The Hall–Kier alpha value is 0.342. The zero-order valence-corrected chi connectivity index (χ0v) is 30.3. The Morgan fingerprint density at radius 3 is 0.905 bits per heavy atom. The van der Waals surface area contributed by atoms with E-state index in [-0.39, 0.29) is 31.8 Å². The van der Waals surface area contributed by atoms with E-state index in [4.69, 9.17) is 23.8 Å². The summed E-state index contributed by atoms with van der Waals surface area (Å²) in [6.45, 7) is 0. The summed E-state index contributed by atoms with van der Waals surface area (Å²) in [6, 6.07) is 18.9. The molecule has 0 amide bonds. The number of hydrogen-bond acceptors (Lipinski definition) is 1. The summed E-state index contributed by atoms with van der Waals surface area (Å²) >= 11 is -0.106. The number of rotatable bonds is 8. The Bertz CT molecular complexity index is 894. The van der Waals surface area contributed by atoms with Gasteiger partial charge >= 0.3 is 35.0 Å². The number of benzene rings is 2. The van der Waals surface area contributed by atoms with Crippen LogP contribution >= 0.6 is 34.9 Å². The molecule has 6 rings (SSSR count). The fourth-order valence-electron chi connectivity index (χ4n) is 8.39. The van der Waals surface area contributed by atoms with Gasteiger partial charge in [-0.05, 0) is 109 Å². The predicted octanol–water partition coefficient (Wildman–Crippen LogP) is 12.4. The van der Waals surface area contributed by atoms with Crippen LogP contribution in [0.3, 0.4) is 0 Å². The maximum Gasteiger partial charge on any atom is 0.127 e. The molecule has 0 atom stereocenters. The third kappa shape index (κ3) is 9.67. The Morgan fingerprint density at radius 2 is 0.667 bits per heavy atom. The van der Waals surface area contributed by atoms with Gasteiger partial charge in [-0.15, -0.1) is 0 Å². The first kappa shape index (κ1) is 33.7. The third-order valence-corrected chi connectivity index (χ3v) is 17.4. The Kier molecular flexibility index (Phi) is 14.8. The van der Waals surface area contributed by atoms with Crippen LogP contribution in [0.5, 0.6) is 11.5 Å². The Labute approximate surface area is 275 Å². The van der Waals surface area contributed by atoms with Gasteiger partial charge in [0.05, 0.1) is 0 Å². The van der Waals surface area contributed by atoms with Crippen LogP contribution < -0.4 is 15.3 Å². The molecule has 0 unspecified atom stereocenters. The minimum absolute atomic E-state index is 0.0421. The second kappa shape index (κ2) is 18.5. The van der Waals surface area contributed by atoms with Gasteiger partial charge in [-0.3, -0.25) is 0 Å². The topological polar surface area (TPSA) is 9.23 Å². The molecular weight excluding hydrogens is 688 g/mol. The van der Waals surface area contributed by atoms with Gasteiger partial charge < -0.3 is 4.74 Å². The van der Waals surface area contributed by atoms with Crippen molar-refractivity contribution in [3.05, 3.63) is 48.5 Å². The standard InChI is InChI=1S/C36H52OP2.2ClH.Pd/c1-5-13-31(14-6-1)38(32-15-7-2-8-16-32)35-25-21-29(22-26-35)37-30-23-27-36(28-24-30)39(33-17-9-3-10-18-33)34-19-11-4-12-20-34;;;/h21-28,31-34H,1-20H2;2*1H;/q;;;+2/p-2. The minimum atomic E-state index is -0.106. The normalized spacial score (nSPS) is 21.8. The molecule has 1 nitrogen and oxygen atoms in total. The smallest absolute Gasteiger partial charge is 0.127 e. The summed E-state index contributed by atoms with van der Waals surface area (Å²) in [4.78, 5) is 0. The maximum absolute atomic E-state index is 6.44. The maximum atomic E-state index is 6.44. The second-order valence-corrected chi connectivity index (χ2v) is 21.1. The molecule has 2 aromatic rings. The second-order valence-electron chi connectivity index (χ2n) is 13.1. The van der Waals surface area contributed by atoms with Gasteiger partial charge in [0.15, 0.2) is 0 Å². The molecular formula is C36H52Cl2OP2Pd. The monoisotopic (exact) mass is 738 g/mol. The van der Waals surface area contributed by atoms with Crippen LogP contribution in [-0.4, -0.2) is 22.6 Å². The van der Waals surface area contributed by atoms with Crippen molar-refractivity contribution in [2.75, 3.05) is 0 Å². The molecule has 0 bridgehead atoms. The van der Waals surface area contributed by atoms with Crippen molar-refractivity contribution in [1.82, 2.24) is 0 Å². The van der Waals surface area contributed by atoms with Crippen LogP contribution in [0.25, 0.3) is 0 Å². The molecule has 4 aliphatic rings. The Balaban J connectivity index is 0.00000113. The first-order valence-corrected chi connectivity index (χ1v) is 24.0. The van der Waals surface area contributed by atoms with E-state index in [2.05, 4.69) is 48.5 Å². The summed E-state index contributed by atoms with van der Waals surface area (Å²) in [6.07, 6.45) is 29.2. The first-order valence-electron chi connectivity index (χ1n) is 17.0. The van der Waals surface area contributed by atoms with Gasteiger partial charge in [0, 0.05) is 0 Å². The van der Waals surface area contributed by atoms with Gasteiger partial charge in [-0.1, -0.05) is 117 Å². The summed E-state index contributed by atoms with van der Waals surface area (Å²) in [5, 5.41) is 3.30. The molecule has 4 aliphatic carbocycles. The molecule has 0 N–H and O–H groups in total. The molecule has 4 saturated carbocycles. The van der Waals surface area contributed by atoms with Gasteiger partial charge in [0.25, 0.3) is 0 Å². The van der Waals surface area contributed by atoms with Crippen molar-refractivity contribution in [2.45, 2.75) is 151 Å². The van der Waals surface area contributed by atoms with E-state index in [0.717, 1.165) is 34.1 Å². The molecule has 0 saturated heterocycles. The third-order valence-electron chi connectivity index (χ3n) is 10.4. The molecule has 0 heterocycles. The van der Waals surface area contributed by atoms with E-state index in [1.54, 1.807) is 10.6 Å². The zero-order valence-electron chi connectivity index (χ0n) is 25.4. The van der Waals surface area contributed by atoms with Crippen molar-refractivity contribution >= 4 is 45.5 Å². The average Bonchev–Trinajstić information content (AvgIpc) is 3.05. The molecule has 0 aliphatic heterocycles. The summed E-state index contributed by atoms with van der Waals surface area (Å²) in [7, 11) is 9.54. The van der Waals surface area contributed by atoms with Crippen molar-refractivity contribution < 1.29 is 20.7 Å². The average molecular weight is 740 g/mol. The largest absolute Gasteiger partial charge is 0.457 e. The van der Waals surface area contributed by atoms with Crippen LogP contribution in [-0.2, 0) is 15.9 Å². The predicted molar refractivity (Wildman–Crippen MR) is 185 cm³/mol. The molecule has 4 fully saturated rings. The minimum Gasteiger partial charge on any atom is -0.457 e. The van der Waals surface area contributed by atoms with E-state index in [0.29, 0.717) is 0 Å². The van der Waals surface area contributed by atoms with Gasteiger partial charge in [0.1, 0.15) is 11.5 Å². The molecule has 6 heteroatoms.